The van der Waals surface area contributed by atoms with E-state index in [1.54, 1.807) is 27.0 Å². The highest BCUT2D eigenvalue weighted by Gasteiger charge is 2.53. The fourth-order valence-electron chi connectivity index (χ4n) is 4.68. The number of ketones is 2. The number of hydrogen-bond acceptors (Lipinski definition) is 20. The third-order valence-electron chi connectivity index (χ3n) is 8.37. The van der Waals surface area contributed by atoms with Gasteiger partial charge in [-0.2, -0.15) is 0 Å². The minimum absolute atomic E-state index is 0. The van der Waals surface area contributed by atoms with Crippen LogP contribution in [0.1, 0.15) is 90.1 Å². The summed E-state index contributed by atoms with van der Waals surface area (Å²) in [5.74, 6) is -0.721. The molecular formula is C35H44B2ClN12O9-. The molecule has 7 N–H and O–H groups in total. The summed E-state index contributed by atoms with van der Waals surface area (Å²) in [6, 6.07) is 0. The van der Waals surface area contributed by atoms with Gasteiger partial charge < -0.3 is 44.9 Å². The van der Waals surface area contributed by atoms with Crippen LogP contribution >= 0.6 is 11.6 Å². The number of carboxylic acid groups (broad SMARTS) is 1. The lowest BCUT2D eigenvalue weighted by Crippen LogP contribution is -2.41. The maximum atomic E-state index is 11.2. The first-order valence-corrected chi connectivity index (χ1v) is 17.4. The first-order chi connectivity index (χ1) is 27.1. The van der Waals surface area contributed by atoms with Crippen molar-refractivity contribution in [2.45, 2.75) is 73.5 Å². The van der Waals surface area contributed by atoms with Gasteiger partial charge in [0.15, 0.2) is 76.2 Å². The van der Waals surface area contributed by atoms with Gasteiger partial charge in [-0.15, -0.1) is 0 Å². The fraction of sp³-hybridized carbons (Fsp3) is 0.314. The van der Waals surface area contributed by atoms with Gasteiger partial charge in [-0.05, 0) is 48.5 Å². The van der Waals surface area contributed by atoms with Crippen LogP contribution in [0.3, 0.4) is 0 Å². The average Bonchev–Trinajstić information content (AvgIpc) is 3.98. The summed E-state index contributed by atoms with van der Waals surface area (Å²) >= 11 is 5.63. The van der Waals surface area contributed by atoms with Gasteiger partial charge in [-0.25, -0.2) is 49.7 Å². The number of nitrogens with two attached hydrogens (primary N) is 3. The topological polar surface area (TPSA) is 323 Å². The van der Waals surface area contributed by atoms with Gasteiger partial charge in [0, 0.05) is 13.8 Å². The second-order valence-corrected chi connectivity index (χ2v) is 13.6. The molecule has 7 rings (SSSR count). The van der Waals surface area contributed by atoms with Gasteiger partial charge in [-0.3, -0.25) is 9.59 Å². The van der Waals surface area contributed by atoms with Crippen molar-refractivity contribution in [2.24, 2.45) is 0 Å². The molecule has 0 amide bonds. The highest BCUT2D eigenvalue weighted by atomic mass is 35.5. The molecule has 312 valence electrons. The second kappa shape index (κ2) is 19.2. The van der Waals surface area contributed by atoms with E-state index in [-0.39, 0.29) is 70.9 Å². The van der Waals surface area contributed by atoms with Gasteiger partial charge >= 0.3 is 13.1 Å². The third-order valence-corrected chi connectivity index (χ3v) is 8.73. The van der Waals surface area contributed by atoms with Crippen molar-refractivity contribution < 1.29 is 42.1 Å². The molecule has 0 spiro atoms. The van der Waals surface area contributed by atoms with Crippen LogP contribution in [0, 0.1) is 20.8 Å². The molecule has 0 atom stereocenters. The Hall–Kier alpha value is -6.58. The van der Waals surface area contributed by atoms with Crippen LogP contribution in [0.4, 0.5) is 17.5 Å². The zero-order valence-corrected chi connectivity index (χ0v) is 33.6. The van der Waals surface area contributed by atoms with E-state index in [4.69, 9.17) is 56.5 Å². The normalized spacial score (nSPS) is 13.4. The van der Waals surface area contributed by atoms with Crippen molar-refractivity contribution in [2.75, 3.05) is 17.2 Å². The van der Waals surface area contributed by atoms with Crippen LogP contribution in [0.5, 0.6) is 0 Å². The number of hydrogen-bond donors (Lipinski definition) is 4. The number of halogens is 1. The first-order valence-electron chi connectivity index (χ1n) is 17.0. The summed E-state index contributed by atoms with van der Waals surface area (Å²) in [5, 5.41) is 9.03. The molecule has 0 unspecified atom stereocenters. The van der Waals surface area contributed by atoms with Gasteiger partial charge in [-0.1, -0.05) is 20.0 Å². The summed E-state index contributed by atoms with van der Waals surface area (Å²) in [6.07, 6.45) is 8.51. The number of anilines is 3. The van der Waals surface area contributed by atoms with E-state index in [1.807, 2.05) is 27.7 Å². The fourth-order valence-corrected chi connectivity index (χ4v) is 4.82. The molecule has 0 radical (unpaired) electrons. The monoisotopic (exact) mass is 833 g/mol. The van der Waals surface area contributed by atoms with Crippen molar-refractivity contribution in [3.8, 4) is 22.9 Å². The van der Waals surface area contributed by atoms with Crippen molar-refractivity contribution in [1.82, 2.24) is 44.9 Å². The molecule has 1 saturated heterocycles. The van der Waals surface area contributed by atoms with Gasteiger partial charge in [0.25, 0.3) is 0 Å². The van der Waals surface area contributed by atoms with Crippen LogP contribution in [0.25, 0.3) is 22.9 Å². The molecule has 59 heavy (non-hydrogen) atoms. The van der Waals surface area contributed by atoms with Crippen molar-refractivity contribution in [3.63, 3.8) is 0 Å². The number of carbonyl (C=O) groups excluding carboxylic acids is 2. The van der Waals surface area contributed by atoms with E-state index in [0.29, 0.717) is 45.6 Å². The van der Waals surface area contributed by atoms with Crippen molar-refractivity contribution in [3.05, 3.63) is 77.1 Å². The highest BCUT2D eigenvalue weighted by Crippen LogP contribution is 2.36. The average molecular weight is 834 g/mol. The molecule has 7 heterocycles. The molecule has 6 aromatic rings. The summed E-state index contributed by atoms with van der Waals surface area (Å²) in [6.45, 7) is 15.8. The van der Waals surface area contributed by atoms with E-state index < -0.39 is 13.1 Å². The van der Waals surface area contributed by atoms with Crippen LogP contribution < -0.4 is 22.9 Å². The molecule has 1 aliphatic rings. The molecule has 0 saturated carbocycles. The zero-order chi connectivity index (χ0) is 43.1. The Morgan fingerprint density at radius 1 is 0.627 bits per heavy atom. The lowest BCUT2D eigenvalue weighted by molar-refractivity contribution is 0.00578. The largest absolute Gasteiger partial charge is 0.534 e. The molecule has 1 fully saturated rings. The molecule has 24 heteroatoms. The number of aromatic carboxylic acids is 1. The number of nitrogens with zero attached hydrogens (tertiary/aromatic N) is 9. The Bertz CT molecular complexity index is 2280. The van der Waals surface area contributed by atoms with E-state index >= 15 is 0 Å². The molecule has 0 aliphatic carbocycles. The summed E-state index contributed by atoms with van der Waals surface area (Å²) in [4.78, 5) is 67.9. The Balaban J connectivity index is 0.000000210. The van der Waals surface area contributed by atoms with Gasteiger partial charge in [0.1, 0.15) is 22.8 Å². The van der Waals surface area contributed by atoms with E-state index in [1.165, 1.54) is 45.4 Å². The summed E-state index contributed by atoms with van der Waals surface area (Å²) in [5.41, 5.74) is 19.0. The SMILES string of the molecule is CC(=O)c1nc(C)c(-c2cnco2)nc1N.CC(=O)c1nc(C)c(Cl)nc1N.CC1(C)OB(c2cnco2)OC1(C)C.Cc1nc(C(=O)O)c(N)nc1-c1cnco1.[BH4-]. The minimum atomic E-state index is -1.21. The number of carbonyl (C=O) groups is 3. The maximum absolute atomic E-state index is 11.2. The van der Waals surface area contributed by atoms with E-state index in [9.17, 15) is 14.4 Å². The van der Waals surface area contributed by atoms with Gasteiger partial charge in [0.05, 0.1) is 46.9 Å². The van der Waals surface area contributed by atoms with Crippen LogP contribution in [0.15, 0.2) is 51.0 Å². The zero-order valence-electron chi connectivity index (χ0n) is 32.9. The standard InChI is InChI=1S/C10H10N4O2.C9H14BNO3.C9H8N4O3.C7H8ClN3O.BH4/c1-5-8(7-3-12-4-16-7)14-10(11)9(13-5)6(2)15;1-8(2)9(3,4)14-10(13-8)7-5-11-6-12-7;1-4-6(5-2-11-3-16-5)13-8(10)7(12-4)9(14)15;1-3-6(8)11-7(9)5(10-3)4(2)12;/h3-4H,1-2H3,(H2,11,14);5-6H,1-4H3;2-3H,1H3,(H2,10,13)(H,14,15);1-2H3,(H2,9,11);1H4/q;;;;-1. The Kier molecular flexibility index (Phi) is 15.3. The second-order valence-electron chi connectivity index (χ2n) is 13.3. The predicted octanol–water partition coefficient (Wildman–Crippen LogP) is 2.69. The lowest BCUT2D eigenvalue weighted by Gasteiger charge is -2.32. The number of aromatic nitrogens is 9. The number of oxazole rings is 3. The quantitative estimate of drug-likeness (QED) is 0.138. The first kappa shape index (κ1) is 46.8. The van der Waals surface area contributed by atoms with Crippen LogP contribution in [-0.2, 0) is 9.31 Å². The molecule has 6 aromatic heterocycles. The third kappa shape index (κ3) is 11.3. The Morgan fingerprint density at radius 3 is 1.41 bits per heavy atom. The highest BCUT2D eigenvalue weighted by molar-refractivity contribution is 6.60. The Morgan fingerprint density at radius 2 is 1.02 bits per heavy atom. The van der Waals surface area contributed by atoms with E-state index in [2.05, 4.69) is 44.9 Å². The smallest absolute Gasteiger partial charge is 0.476 e. The maximum Gasteiger partial charge on any atom is 0.534 e. The molecule has 0 bridgehead atoms. The van der Waals surface area contributed by atoms with Crippen LogP contribution in [0.2, 0.25) is 5.15 Å². The number of nitrogen functional groups attached to an aromatic ring is 3. The number of aryl methyl sites for hydroxylation is 3. The molecule has 0 aromatic carbocycles. The van der Waals surface area contributed by atoms with Crippen molar-refractivity contribution >= 4 is 67.8 Å². The lowest BCUT2D eigenvalue weighted by atomic mass is 9.87. The number of rotatable bonds is 6. The van der Waals surface area contributed by atoms with Crippen molar-refractivity contribution in [1.29, 1.82) is 0 Å². The predicted molar refractivity (Wildman–Crippen MR) is 220 cm³/mol. The van der Waals surface area contributed by atoms with E-state index in [0.717, 1.165) is 0 Å². The molecule has 21 nitrogen and oxygen atoms in total. The van der Waals surface area contributed by atoms with Crippen LogP contribution in [-0.4, -0.2) is 94.2 Å². The molecular weight excluding hydrogens is 790 g/mol. The van der Waals surface area contributed by atoms with Gasteiger partial charge in [0.2, 0.25) is 0 Å². The number of carboxylic acids is 1. The molecule has 1 aliphatic heterocycles. The summed E-state index contributed by atoms with van der Waals surface area (Å²) < 4.78 is 26.8. The Labute approximate surface area is 344 Å². The minimum Gasteiger partial charge on any atom is -0.476 e. The summed E-state index contributed by atoms with van der Waals surface area (Å²) in [7, 11) is -0.442. The number of Topliss-reactive ketones (excluding diaryl/α,β-unsaturated/α-hetero) is 2.